The third-order valence-corrected chi connectivity index (χ3v) is 4.54. The van der Waals surface area contributed by atoms with Gasteiger partial charge in [0.2, 0.25) is 6.10 Å². The molecule has 1 aromatic heterocycles. The lowest BCUT2D eigenvalue weighted by atomic mass is 10.1. The van der Waals surface area contributed by atoms with E-state index in [-0.39, 0.29) is 17.3 Å². The van der Waals surface area contributed by atoms with Crippen molar-refractivity contribution in [2.24, 2.45) is 0 Å². The summed E-state index contributed by atoms with van der Waals surface area (Å²) < 4.78 is 51.5. The fourth-order valence-electron chi connectivity index (χ4n) is 2.88. The monoisotopic (exact) mass is 440 g/mol. The maximum atomic E-state index is 13.6. The fraction of sp³-hybridized carbons (Fsp3) is 0.250. The number of methoxy groups -OCH3 is 1. The Labute approximate surface area is 173 Å². The number of rotatable bonds is 6. The number of benzene rings is 2. The van der Waals surface area contributed by atoms with Crippen LogP contribution < -0.4 is 10.3 Å². The summed E-state index contributed by atoms with van der Waals surface area (Å²) in [5.74, 6) is -1.26. The number of halogens is 4. The molecule has 30 heavy (non-hydrogen) atoms. The number of fused-ring (bicyclic) bond motifs is 1. The van der Waals surface area contributed by atoms with Crippen molar-refractivity contribution < 1.29 is 27.4 Å². The lowest BCUT2D eigenvalue weighted by Crippen LogP contribution is -2.28. The summed E-state index contributed by atoms with van der Waals surface area (Å²) in [5.41, 5.74) is -0.348. The third kappa shape index (κ3) is 4.73. The average molecular weight is 441 g/mol. The Morgan fingerprint density at radius 1 is 1.23 bits per heavy atom. The number of alkyl halides is 3. The molecule has 10 heteroatoms. The molecule has 1 atom stereocenters. The van der Waals surface area contributed by atoms with Crippen LogP contribution in [0.5, 0.6) is 5.75 Å². The molecule has 3 aromatic rings. The number of aryl methyl sites for hydroxylation is 1. The first kappa shape index (κ1) is 21.6. The molecule has 0 fully saturated rings. The fourth-order valence-corrected chi connectivity index (χ4v) is 3.06. The maximum absolute atomic E-state index is 13.6. The Bertz CT molecular complexity index is 1130. The lowest BCUT2D eigenvalue weighted by Gasteiger charge is -2.23. The van der Waals surface area contributed by atoms with E-state index in [4.69, 9.17) is 21.1 Å². The minimum atomic E-state index is -4.89. The third-order valence-electron chi connectivity index (χ3n) is 4.31. The van der Waals surface area contributed by atoms with Crippen LogP contribution in [0.3, 0.4) is 0 Å². The molecule has 2 aromatic carbocycles. The Balaban J connectivity index is 1.79. The summed E-state index contributed by atoms with van der Waals surface area (Å²) in [4.78, 5) is 28.7. The van der Waals surface area contributed by atoms with Crippen LogP contribution >= 0.6 is 11.6 Å². The van der Waals surface area contributed by atoms with Crippen molar-refractivity contribution in [3.05, 3.63) is 69.7 Å². The van der Waals surface area contributed by atoms with Crippen LogP contribution in [0.2, 0.25) is 5.02 Å². The molecule has 0 aliphatic heterocycles. The summed E-state index contributed by atoms with van der Waals surface area (Å²) in [5, 5.41) is 0.370. The van der Waals surface area contributed by atoms with E-state index in [2.05, 4.69) is 4.98 Å². The molecule has 0 radical (unpaired) electrons. The zero-order valence-electron chi connectivity index (χ0n) is 15.6. The van der Waals surface area contributed by atoms with Gasteiger partial charge in [-0.2, -0.15) is 13.2 Å². The number of aromatic nitrogens is 2. The van der Waals surface area contributed by atoms with Crippen LogP contribution in [-0.2, 0) is 16.1 Å². The van der Waals surface area contributed by atoms with Crippen molar-refractivity contribution in [2.75, 3.05) is 7.11 Å². The standard InChI is InChI=1S/C20H16ClF3N2O4/c1-29-16-7-6-12(21)10-14(16)18(20(22,23)24)30-17(27)8-9-26-11-25-15-5-3-2-4-13(15)19(26)28/h2-7,10-11,18H,8-9H2,1H3/t18-/m1/s1. The van der Waals surface area contributed by atoms with E-state index in [0.717, 1.165) is 10.6 Å². The zero-order valence-corrected chi connectivity index (χ0v) is 16.4. The Morgan fingerprint density at radius 2 is 1.97 bits per heavy atom. The van der Waals surface area contributed by atoms with Crippen LogP contribution in [0.1, 0.15) is 18.1 Å². The number of ether oxygens (including phenoxy) is 2. The number of carbonyl (C=O) groups excluding carboxylic acids is 1. The highest BCUT2D eigenvalue weighted by molar-refractivity contribution is 6.30. The predicted molar refractivity (Wildman–Crippen MR) is 104 cm³/mol. The van der Waals surface area contributed by atoms with Crippen LogP contribution in [0.15, 0.2) is 53.6 Å². The molecule has 0 amide bonds. The molecule has 0 N–H and O–H groups in total. The van der Waals surface area contributed by atoms with Gasteiger partial charge in [0.15, 0.2) is 0 Å². The van der Waals surface area contributed by atoms with Gasteiger partial charge in [-0.1, -0.05) is 23.7 Å². The molecule has 3 rings (SSSR count). The summed E-state index contributed by atoms with van der Waals surface area (Å²) in [6.45, 7) is -0.188. The minimum absolute atomic E-state index is 0.0323. The van der Waals surface area contributed by atoms with E-state index < -0.39 is 35.8 Å². The number of nitrogens with zero attached hydrogens (tertiary/aromatic N) is 2. The molecule has 6 nitrogen and oxygen atoms in total. The van der Waals surface area contributed by atoms with Crippen molar-refractivity contribution >= 4 is 28.5 Å². The van der Waals surface area contributed by atoms with Crippen molar-refractivity contribution in [2.45, 2.75) is 25.2 Å². The molecule has 0 spiro atoms. The van der Waals surface area contributed by atoms with Crippen molar-refractivity contribution in [3.8, 4) is 5.75 Å². The Morgan fingerprint density at radius 3 is 2.67 bits per heavy atom. The predicted octanol–water partition coefficient (Wildman–Crippen LogP) is 4.30. The highest BCUT2D eigenvalue weighted by Crippen LogP contribution is 2.41. The van der Waals surface area contributed by atoms with E-state index in [1.54, 1.807) is 24.3 Å². The van der Waals surface area contributed by atoms with E-state index in [9.17, 15) is 22.8 Å². The van der Waals surface area contributed by atoms with Crippen LogP contribution in [0.25, 0.3) is 10.9 Å². The van der Waals surface area contributed by atoms with Gasteiger partial charge < -0.3 is 9.47 Å². The first-order valence-electron chi connectivity index (χ1n) is 8.74. The SMILES string of the molecule is COc1ccc(Cl)cc1[C@@H](OC(=O)CCn1cnc2ccccc2c1=O)C(F)(F)F. The topological polar surface area (TPSA) is 70.4 Å². The second-order valence-electron chi connectivity index (χ2n) is 6.31. The van der Waals surface area contributed by atoms with E-state index >= 15 is 0 Å². The molecule has 0 saturated heterocycles. The summed E-state index contributed by atoms with van der Waals surface area (Å²) in [6, 6.07) is 10.3. The van der Waals surface area contributed by atoms with Crippen molar-refractivity contribution in [1.29, 1.82) is 0 Å². The maximum Gasteiger partial charge on any atom is 0.429 e. The van der Waals surface area contributed by atoms with Gasteiger partial charge in [0.05, 0.1) is 30.8 Å². The summed E-state index contributed by atoms with van der Waals surface area (Å²) in [7, 11) is 1.20. The number of hydrogen-bond acceptors (Lipinski definition) is 5. The van der Waals surface area contributed by atoms with Crippen molar-refractivity contribution in [1.82, 2.24) is 9.55 Å². The quantitative estimate of drug-likeness (QED) is 0.535. The average Bonchev–Trinajstić information content (AvgIpc) is 2.71. The van der Waals surface area contributed by atoms with Gasteiger partial charge in [0.1, 0.15) is 5.75 Å². The molecule has 158 valence electrons. The largest absolute Gasteiger partial charge is 0.496 e. The second kappa shape index (κ2) is 8.74. The van der Waals surface area contributed by atoms with E-state index in [1.165, 1.54) is 25.6 Å². The van der Waals surface area contributed by atoms with Gasteiger partial charge in [-0.25, -0.2) is 4.98 Å². The van der Waals surface area contributed by atoms with Gasteiger partial charge in [0.25, 0.3) is 5.56 Å². The Kier molecular flexibility index (Phi) is 6.31. The molecule has 0 aliphatic rings. The van der Waals surface area contributed by atoms with E-state index in [1.807, 2.05) is 0 Å². The van der Waals surface area contributed by atoms with Crippen LogP contribution in [0, 0.1) is 0 Å². The minimum Gasteiger partial charge on any atom is -0.496 e. The summed E-state index contributed by atoms with van der Waals surface area (Å²) >= 11 is 5.80. The van der Waals surface area contributed by atoms with Crippen molar-refractivity contribution in [3.63, 3.8) is 0 Å². The molecular weight excluding hydrogens is 425 g/mol. The molecular formula is C20H16ClF3N2O4. The first-order valence-corrected chi connectivity index (χ1v) is 9.12. The van der Waals surface area contributed by atoms with Gasteiger partial charge in [-0.15, -0.1) is 0 Å². The van der Waals surface area contributed by atoms with Crippen LogP contribution in [-0.4, -0.2) is 28.8 Å². The number of esters is 1. The highest BCUT2D eigenvalue weighted by atomic mass is 35.5. The second-order valence-corrected chi connectivity index (χ2v) is 6.74. The molecule has 0 unspecified atom stereocenters. The smallest absolute Gasteiger partial charge is 0.429 e. The van der Waals surface area contributed by atoms with Gasteiger partial charge in [-0.3, -0.25) is 14.2 Å². The Hall–Kier alpha value is -3.07. The lowest BCUT2D eigenvalue weighted by molar-refractivity contribution is -0.224. The molecule has 1 heterocycles. The van der Waals surface area contributed by atoms with Gasteiger partial charge in [0, 0.05) is 17.1 Å². The van der Waals surface area contributed by atoms with Gasteiger partial charge >= 0.3 is 12.1 Å². The molecule has 0 bridgehead atoms. The normalized spacial score (nSPS) is 12.6. The first-order chi connectivity index (χ1) is 14.2. The van der Waals surface area contributed by atoms with Crippen LogP contribution in [0.4, 0.5) is 13.2 Å². The highest BCUT2D eigenvalue weighted by Gasteiger charge is 2.45. The van der Waals surface area contributed by atoms with E-state index in [0.29, 0.717) is 10.9 Å². The molecule has 0 aliphatic carbocycles. The number of para-hydroxylation sites is 1. The number of carbonyl (C=O) groups is 1. The zero-order chi connectivity index (χ0) is 21.9. The molecule has 0 saturated carbocycles. The van der Waals surface area contributed by atoms with Gasteiger partial charge in [-0.05, 0) is 30.3 Å². The summed E-state index contributed by atoms with van der Waals surface area (Å²) in [6.07, 6.45) is -6.69. The number of hydrogen-bond donors (Lipinski definition) is 0.